The van der Waals surface area contributed by atoms with Crippen molar-refractivity contribution in [2.45, 2.75) is 26.7 Å². The molecule has 0 aliphatic rings. The zero-order chi connectivity index (χ0) is 15.0. The molecule has 21 heavy (non-hydrogen) atoms. The smallest absolute Gasteiger partial charge is 0.232 e. The van der Waals surface area contributed by atoms with Crippen LogP contribution in [0.5, 0.6) is 11.6 Å². The van der Waals surface area contributed by atoms with E-state index in [1.54, 1.807) is 0 Å². The Balaban J connectivity index is 2.10. The molecule has 0 radical (unpaired) electrons. The topological polar surface area (TPSA) is 61.0 Å². The molecule has 3 rings (SSSR count). The van der Waals surface area contributed by atoms with E-state index in [1.165, 1.54) is 11.3 Å². The number of hydrogen-bond acceptors (Lipinski definition) is 5. The van der Waals surface area contributed by atoms with Crippen LogP contribution in [0.25, 0.3) is 10.2 Å². The lowest BCUT2D eigenvalue weighted by Crippen LogP contribution is -1.99. The second-order valence-corrected chi connectivity index (χ2v) is 6.22. The van der Waals surface area contributed by atoms with Gasteiger partial charge in [-0.3, -0.25) is 0 Å². The summed E-state index contributed by atoms with van der Waals surface area (Å²) in [6.45, 7) is 6.34. The van der Waals surface area contributed by atoms with Crippen molar-refractivity contribution in [2.75, 3.05) is 5.73 Å². The van der Waals surface area contributed by atoms with Gasteiger partial charge in [-0.25, -0.2) is 4.98 Å². The molecule has 0 bridgehead atoms. The highest BCUT2D eigenvalue weighted by Gasteiger charge is 2.13. The first kappa shape index (κ1) is 13.8. The normalized spacial score (nSPS) is 11.2. The van der Waals surface area contributed by atoms with Crippen LogP contribution in [-0.2, 0) is 0 Å². The van der Waals surface area contributed by atoms with Crippen LogP contribution >= 0.6 is 11.3 Å². The van der Waals surface area contributed by atoms with Crippen molar-refractivity contribution in [3.05, 3.63) is 40.8 Å². The number of aryl methyl sites for hydroxylation is 1. The lowest BCUT2D eigenvalue weighted by Gasteiger charge is -2.14. The zero-order valence-electron chi connectivity index (χ0n) is 12.3. The van der Waals surface area contributed by atoms with Crippen LogP contribution in [-0.4, -0.2) is 9.97 Å². The van der Waals surface area contributed by atoms with Gasteiger partial charge in [0.05, 0.1) is 5.39 Å². The number of anilines is 1. The van der Waals surface area contributed by atoms with E-state index >= 15 is 0 Å². The molecule has 1 aromatic carbocycles. The van der Waals surface area contributed by atoms with Gasteiger partial charge in [0.2, 0.25) is 11.8 Å². The number of nitrogens with two attached hydrogens (primary N) is 1. The fourth-order valence-electron chi connectivity index (χ4n) is 2.23. The highest BCUT2D eigenvalue weighted by atomic mass is 32.1. The van der Waals surface area contributed by atoms with Gasteiger partial charge in [0.15, 0.2) is 0 Å². The maximum Gasteiger partial charge on any atom is 0.232 e. The minimum atomic E-state index is 0.235. The summed E-state index contributed by atoms with van der Waals surface area (Å²) in [5, 5.41) is 2.86. The summed E-state index contributed by atoms with van der Waals surface area (Å²) in [5.74, 6) is 1.96. The van der Waals surface area contributed by atoms with Crippen molar-refractivity contribution in [3.8, 4) is 11.6 Å². The minimum Gasteiger partial charge on any atom is -0.438 e. The van der Waals surface area contributed by atoms with Crippen molar-refractivity contribution < 1.29 is 4.74 Å². The van der Waals surface area contributed by atoms with E-state index in [-0.39, 0.29) is 5.95 Å². The van der Waals surface area contributed by atoms with Crippen LogP contribution in [0, 0.1) is 6.92 Å². The van der Waals surface area contributed by atoms with Gasteiger partial charge in [-0.15, -0.1) is 11.3 Å². The van der Waals surface area contributed by atoms with E-state index in [1.807, 2.05) is 24.4 Å². The molecule has 2 aromatic heterocycles. The molecule has 0 saturated heterocycles. The molecule has 4 nitrogen and oxygen atoms in total. The third-order valence-corrected chi connectivity index (χ3v) is 4.11. The minimum absolute atomic E-state index is 0.235. The Labute approximate surface area is 127 Å². The average Bonchev–Trinajstić information content (AvgIpc) is 2.86. The third kappa shape index (κ3) is 2.69. The summed E-state index contributed by atoms with van der Waals surface area (Å²) < 4.78 is 6.08. The molecule has 3 aromatic rings. The summed E-state index contributed by atoms with van der Waals surface area (Å²) in [7, 11) is 0. The van der Waals surface area contributed by atoms with Gasteiger partial charge < -0.3 is 10.5 Å². The van der Waals surface area contributed by atoms with Crippen molar-refractivity contribution in [3.63, 3.8) is 0 Å². The van der Waals surface area contributed by atoms with Crippen LogP contribution in [0.2, 0.25) is 0 Å². The number of fused-ring (bicyclic) bond motifs is 1. The molecule has 0 spiro atoms. The zero-order valence-corrected chi connectivity index (χ0v) is 13.1. The van der Waals surface area contributed by atoms with Gasteiger partial charge >= 0.3 is 0 Å². The second kappa shape index (κ2) is 5.33. The third-order valence-electron chi connectivity index (χ3n) is 3.31. The Morgan fingerprint density at radius 3 is 2.76 bits per heavy atom. The number of hydrogen-bond donors (Lipinski definition) is 1. The van der Waals surface area contributed by atoms with Gasteiger partial charge in [-0.1, -0.05) is 26.0 Å². The highest BCUT2D eigenvalue weighted by Crippen LogP contribution is 2.35. The average molecular weight is 299 g/mol. The Hall–Kier alpha value is -2.14. The van der Waals surface area contributed by atoms with Gasteiger partial charge in [-0.2, -0.15) is 4.98 Å². The molecule has 0 aliphatic heterocycles. The van der Waals surface area contributed by atoms with Gasteiger partial charge in [-0.05, 0) is 41.5 Å². The van der Waals surface area contributed by atoms with E-state index in [0.717, 1.165) is 27.1 Å². The van der Waals surface area contributed by atoms with Crippen LogP contribution < -0.4 is 10.5 Å². The first-order valence-electron chi connectivity index (χ1n) is 6.83. The van der Waals surface area contributed by atoms with Crippen LogP contribution in [0.3, 0.4) is 0 Å². The molecule has 108 valence electrons. The van der Waals surface area contributed by atoms with Crippen LogP contribution in [0.4, 0.5) is 5.95 Å². The van der Waals surface area contributed by atoms with E-state index < -0.39 is 0 Å². The van der Waals surface area contributed by atoms with Gasteiger partial charge in [0.25, 0.3) is 0 Å². The number of ether oxygens (including phenoxy) is 1. The lowest BCUT2D eigenvalue weighted by atomic mass is 10.0. The fraction of sp³-hybridized carbons (Fsp3) is 0.250. The maximum absolute atomic E-state index is 6.08. The van der Waals surface area contributed by atoms with Crippen molar-refractivity contribution in [1.82, 2.24) is 9.97 Å². The number of nitrogen functional groups attached to an aromatic ring is 1. The predicted octanol–water partition coefficient (Wildman–Crippen LogP) is 4.50. The maximum atomic E-state index is 6.08. The number of aromatic nitrogens is 2. The van der Waals surface area contributed by atoms with E-state index in [9.17, 15) is 0 Å². The molecular weight excluding hydrogens is 282 g/mol. The molecule has 0 aliphatic carbocycles. The quantitative estimate of drug-likeness (QED) is 0.773. The molecule has 2 heterocycles. The van der Waals surface area contributed by atoms with Gasteiger partial charge in [0, 0.05) is 0 Å². The van der Waals surface area contributed by atoms with Gasteiger partial charge in [0.1, 0.15) is 10.6 Å². The van der Waals surface area contributed by atoms with Crippen molar-refractivity contribution in [2.24, 2.45) is 0 Å². The molecule has 5 heteroatoms. The Morgan fingerprint density at radius 2 is 2.00 bits per heavy atom. The van der Waals surface area contributed by atoms with Crippen LogP contribution in [0.15, 0.2) is 29.6 Å². The van der Waals surface area contributed by atoms with Crippen molar-refractivity contribution in [1.29, 1.82) is 0 Å². The SMILES string of the molecule is Cc1ccc(C(C)C)c(Oc2nc(N)nc3sccc23)c1. The number of rotatable bonds is 3. The van der Waals surface area contributed by atoms with E-state index in [0.29, 0.717) is 11.8 Å². The molecule has 0 saturated carbocycles. The Bertz CT molecular complexity index is 795. The Kier molecular flexibility index (Phi) is 3.51. The molecule has 0 amide bonds. The summed E-state index contributed by atoms with van der Waals surface area (Å²) in [6, 6.07) is 8.19. The Morgan fingerprint density at radius 1 is 1.19 bits per heavy atom. The van der Waals surface area contributed by atoms with E-state index in [2.05, 4.69) is 35.9 Å². The summed E-state index contributed by atoms with van der Waals surface area (Å²) in [6.07, 6.45) is 0. The molecular formula is C16H17N3OS. The largest absolute Gasteiger partial charge is 0.438 e. The molecule has 0 unspecified atom stereocenters. The summed E-state index contributed by atoms with van der Waals surface area (Å²) >= 11 is 1.53. The monoisotopic (exact) mass is 299 g/mol. The number of thiophene rings is 1. The summed E-state index contributed by atoms with van der Waals surface area (Å²) in [4.78, 5) is 9.31. The standard InChI is InChI=1S/C16H17N3OS/c1-9(2)11-5-4-10(3)8-13(11)20-14-12-6-7-21-15(12)19-16(17)18-14/h4-9H,1-3H3,(H2,17,18,19). The lowest BCUT2D eigenvalue weighted by molar-refractivity contribution is 0.460. The number of benzene rings is 1. The second-order valence-electron chi connectivity index (χ2n) is 5.32. The van der Waals surface area contributed by atoms with Crippen LogP contribution in [0.1, 0.15) is 30.9 Å². The molecule has 2 N–H and O–H groups in total. The number of nitrogens with zero attached hydrogens (tertiary/aromatic N) is 2. The predicted molar refractivity (Wildman–Crippen MR) is 87.2 cm³/mol. The first-order chi connectivity index (χ1) is 10.0. The van der Waals surface area contributed by atoms with Crippen molar-refractivity contribution >= 4 is 27.5 Å². The fourth-order valence-corrected chi connectivity index (χ4v) is 2.99. The first-order valence-corrected chi connectivity index (χ1v) is 7.71. The summed E-state index contributed by atoms with van der Waals surface area (Å²) in [5.41, 5.74) is 8.07. The van der Waals surface area contributed by atoms with E-state index in [4.69, 9.17) is 10.5 Å². The highest BCUT2D eigenvalue weighted by molar-refractivity contribution is 7.16. The molecule has 0 atom stereocenters. The molecule has 0 fully saturated rings.